The summed E-state index contributed by atoms with van der Waals surface area (Å²) in [5.74, 6) is 0.829. The van der Waals surface area contributed by atoms with E-state index in [0.29, 0.717) is 25.9 Å². The third-order valence-corrected chi connectivity index (χ3v) is 5.63. The molecule has 4 rings (SSSR count). The Bertz CT molecular complexity index is 962. The molecule has 0 aliphatic carbocycles. The van der Waals surface area contributed by atoms with Gasteiger partial charge in [-0.25, -0.2) is 9.48 Å². The van der Waals surface area contributed by atoms with Crippen molar-refractivity contribution >= 4 is 17.2 Å². The number of nitrogens with one attached hydrogen (secondary N) is 1. The van der Waals surface area contributed by atoms with E-state index in [4.69, 9.17) is 0 Å². The quantitative estimate of drug-likeness (QED) is 0.726. The van der Waals surface area contributed by atoms with E-state index in [0.717, 1.165) is 29.1 Å². The third-order valence-electron chi connectivity index (χ3n) is 4.75. The Labute approximate surface area is 160 Å². The Morgan fingerprint density at radius 1 is 1.30 bits per heavy atom. The molecule has 3 aromatic rings. The predicted molar refractivity (Wildman–Crippen MR) is 103 cm³/mol. The first kappa shape index (κ1) is 17.7. The van der Waals surface area contributed by atoms with Crippen molar-refractivity contribution in [3.8, 4) is 0 Å². The normalized spacial score (nSPS) is 16.5. The van der Waals surface area contributed by atoms with E-state index in [1.165, 1.54) is 4.68 Å². The first-order valence-corrected chi connectivity index (χ1v) is 9.94. The first-order valence-electron chi connectivity index (χ1n) is 9.06. The Morgan fingerprint density at radius 2 is 2.22 bits per heavy atom. The van der Waals surface area contributed by atoms with E-state index in [1.807, 2.05) is 29.6 Å². The molecule has 0 aromatic carbocycles. The van der Waals surface area contributed by atoms with Crippen molar-refractivity contribution in [3.63, 3.8) is 0 Å². The molecule has 0 spiro atoms. The van der Waals surface area contributed by atoms with E-state index >= 15 is 0 Å². The largest absolute Gasteiger partial charge is 0.353 e. The van der Waals surface area contributed by atoms with E-state index in [-0.39, 0.29) is 17.6 Å². The molecule has 8 heteroatoms. The van der Waals surface area contributed by atoms with E-state index in [9.17, 15) is 9.59 Å². The molecular weight excluding hydrogens is 362 g/mol. The van der Waals surface area contributed by atoms with Crippen LogP contribution < -0.4 is 11.0 Å². The van der Waals surface area contributed by atoms with Gasteiger partial charge in [-0.15, -0.1) is 11.3 Å². The highest BCUT2D eigenvalue weighted by Gasteiger charge is 2.22. The van der Waals surface area contributed by atoms with Crippen molar-refractivity contribution in [2.45, 2.75) is 44.8 Å². The third kappa shape index (κ3) is 4.16. The second-order valence-corrected chi connectivity index (χ2v) is 7.75. The van der Waals surface area contributed by atoms with Crippen LogP contribution >= 0.6 is 11.3 Å². The Balaban J connectivity index is 1.39. The van der Waals surface area contributed by atoms with Crippen molar-refractivity contribution in [3.05, 3.63) is 68.8 Å². The SMILES string of the molecule is O=C(Cc1cccs1)NC1CCc2nn(Cc3cccnc3)c(=O)n2CC1. The second-order valence-electron chi connectivity index (χ2n) is 6.72. The summed E-state index contributed by atoms with van der Waals surface area (Å²) in [5.41, 5.74) is 0.853. The first-order chi connectivity index (χ1) is 13.2. The molecule has 27 heavy (non-hydrogen) atoms. The topological polar surface area (TPSA) is 81.8 Å². The summed E-state index contributed by atoms with van der Waals surface area (Å²) in [6, 6.07) is 7.78. The Hall–Kier alpha value is -2.74. The average molecular weight is 383 g/mol. The van der Waals surface area contributed by atoms with Gasteiger partial charge in [0.1, 0.15) is 5.82 Å². The summed E-state index contributed by atoms with van der Waals surface area (Å²) < 4.78 is 3.24. The van der Waals surface area contributed by atoms with E-state index in [1.54, 1.807) is 28.3 Å². The maximum Gasteiger partial charge on any atom is 0.346 e. The van der Waals surface area contributed by atoms with Gasteiger partial charge in [-0.3, -0.25) is 14.3 Å². The van der Waals surface area contributed by atoms with Crippen LogP contribution in [0.1, 0.15) is 29.1 Å². The van der Waals surface area contributed by atoms with Crippen molar-refractivity contribution in [1.29, 1.82) is 0 Å². The van der Waals surface area contributed by atoms with Gasteiger partial charge in [0.25, 0.3) is 0 Å². The highest BCUT2D eigenvalue weighted by atomic mass is 32.1. The summed E-state index contributed by atoms with van der Waals surface area (Å²) in [6.45, 7) is 0.999. The van der Waals surface area contributed by atoms with Gasteiger partial charge in [0, 0.05) is 36.3 Å². The van der Waals surface area contributed by atoms with Gasteiger partial charge in [-0.2, -0.15) is 5.10 Å². The zero-order valence-corrected chi connectivity index (χ0v) is 15.7. The molecule has 0 fully saturated rings. The Kier molecular flexibility index (Phi) is 5.15. The molecule has 0 radical (unpaired) electrons. The molecule has 1 unspecified atom stereocenters. The maximum atomic E-state index is 12.7. The van der Waals surface area contributed by atoms with Crippen LogP contribution in [0.3, 0.4) is 0 Å². The standard InChI is InChI=1S/C19H21N5O2S/c25-18(11-16-4-2-10-27-16)21-15-5-6-17-22-24(19(26)23(17)9-7-15)13-14-3-1-8-20-12-14/h1-4,8,10,12,15H,5-7,9,11,13H2,(H,21,25). The fourth-order valence-electron chi connectivity index (χ4n) is 3.39. The minimum atomic E-state index is -0.0978. The number of carbonyl (C=O) groups excluding carboxylic acids is 1. The highest BCUT2D eigenvalue weighted by Crippen LogP contribution is 2.14. The Morgan fingerprint density at radius 3 is 3.00 bits per heavy atom. The van der Waals surface area contributed by atoms with Gasteiger partial charge in [0.2, 0.25) is 5.91 Å². The van der Waals surface area contributed by atoms with Gasteiger partial charge < -0.3 is 5.32 Å². The number of hydrogen-bond acceptors (Lipinski definition) is 5. The van der Waals surface area contributed by atoms with Crippen molar-refractivity contribution in [2.75, 3.05) is 0 Å². The molecule has 1 aliphatic rings. The number of fused-ring (bicyclic) bond motifs is 1. The molecule has 3 aromatic heterocycles. The number of carbonyl (C=O) groups is 1. The zero-order valence-electron chi connectivity index (χ0n) is 14.9. The lowest BCUT2D eigenvalue weighted by Gasteiger charge is -2.15. The van der Waals surface area contributed by atoms with Gasteiger partial charge >= 0.3 is 5.69 Å². The predicted octanol–water partition coefficient (Wildman–Crippen LogP) is 1.61. The fourth-order valence-corrected chi connectivity index (χ4v) is 4.09. The van der Waals surface area contributed by atoms with Crippen LogP contribution in [0.2, 0.25) is 0 Å². The highest BCUT2D eigenvalue weighted by molar-refractivity contribution is 7.10. The lowest BCUT2D eigenvalue weighted by molar-refractivity contribution is -0.121. The molecule has 0 saturated heterocycles. The van der Waals surface area contributed by atoms with Crippen molar-refractivity contribution in [1.82, 2.24) is 24.6 Å². The summed E-state index contributed by atoms with van der Waals surface area (Å²) in [6.07, 6.45) is 6.08. The molecule has 0 saturated carbocycles. The molecular formula is C19H21N5O2S. The molecule has 1 atom stereocenters. The number of aryl methyl sites for hydroxylation is 1. The van der Waals surface area contributed by atoms with Crippen LogP contribution in [-0.4, -0.2) is 31.3 Å². The minimum Gasteiger partial charge on any atom is -0.353 e. The number of aromatic nitrogens is 4. The lowest BCUT2D eigenvalue weighted by Crippen LogP contribution is -2.36. The van der Waals surface area contributed by atoms with Crippen LogP contribution in [0.4, 0.5) is 0 Å². The van der Waals surface area contributed by atoms with Crippen molar-refractivity contribution in [2.24, 2.45) is 0 Å². The number of rotatable bonds is 5. The van der Waals surface area contributed by atoms with Gasteiger partial charge in [-0.1, -0.05) is 12.1 Å². The number of amides is 1. The second kappa shape index (κ2) is 7.87. The van der Waals surface area contributed by atoms with Crippen LogP contribution in [0.5, 0.6) is 0 Å². The molecule has 0 bridgehead atoms. The van der Waals surface area contributed by atoms with Crippen LogP contribution in [-0.2, 0) is 30.7 Å². The van der Waals surface area contributed by atoms with Gasteiger partial charge in [-0.05, 0) is 35.9 Å². The smallest absolute Gasteiger partial charge is 0.346 e. The van der Waals surface area contributed by atoms with E-state index < -0.39 is 0 Å². The summed E-state index contributed by atoms with van der Waals surface area (Å²) >= 11 is 1.59. The number of pyridine rings is 1. The number of hydrogen-bond donors (Lipinski definition) is 1. The molecule has 1 amide bonds. The summed E-state index contributed by atoms with van der Waals surface area (Å²) in [4.78, 5) is 30.0. The van der Waals surface area contributed by atoms with E-state index in [2.05, 4.69) is 15.4 Å². The lowest BCUT2D eigenvalue weighted by atomic mass is 10.1. The van der Waals surface area contributed by atoms with Crippen LogP contribution in [0, 0.1) is 0 Å². The molecule has 1 N–H and O–H groups in total. The van der Waals surface area contributed by atoms with Crippen LogP contribution in [0.15, 0.2) is 46.8 Å². The van der Waals surface area contributed by atoms with Crippen molar-refractivity contribution < 1.29 is 4.79 Å². The molecule has 140 valence electrons. The fraction of sp³-hybridized carbons (Fsp3) is 0.368. The summed E-state index contributed by atoms with van der Waals surface area (Å²) in [5, 5.41) is 9.59. The minimum absolute atomic E-state index is 0.0379. The number of thiophene rings is 1. The van der Waals surface area contributed by atoms with Crippen LogP contribution in [0.25, 0.3) is 0 Å². The van der Waals surface area contributed by atoms with Gasteiger partial charge in [0.05, 0.1) is 13.0 Å². The molecule has 7 nitrogen and oxygen atoms in total. The van der Waals surface area contributed by atoms with Gasteiger partial charge in [0.15, 0.2) is 0 Å². The average Bonchev–Trinajstić information content (AvgIpc) is 3.21. The number of nitrogens with zero attached hydrogens (tertiary/aromatic N) is 4. The molecule has 4 heterocycles. The zero-order chi connectivity index (χ0) is 18.6. The summed E-state index contributed by atoms with van der Waals surface area (Å²) in [7, 11) is 0. The maximum absolute atomic E-state index is 12.7. The monoisotopic (exact) mass is 383 g/mol. The molecule has 1 aliphatic heterocycles.